The van der Waals surface area contributed by atoms with Gasteiger partial charge in [0.05, 0.1) is 25.4 Å². The van der Waals surface area contributed by atoms with E-state index in [0.29, 0.717) is 6.61 Å². The molecule has 0 aromatic rings. The van der Waals surface area contributed by atoms with Crippen LogP contribution in [0.15, 0.2) is 0 Å². The molecule has 3 N–H and O–H groups in total. The van der Waals surface area contributed by atoms with Crippen LogP contribution in [0.4, 0.5) is 0 Å². The predicted octanol–water partition coefficient (Wildman–Crippen LogP) is -0.873. The highest BCUT2D eigenvalue weighted by Crippen LogP contribution is 2.01. The minimum absolute atomic E-state index is 0.120. The van der Waals surface area contributed by atoms with E-state index in [2.05, 4.69) is 0 Å². The molecule has 0 aliphatic heterocycles. The Morgan fingerprint density at radius 2 is 1.91 bits per heavy atom. The average Bonchev–Trinajstić information content (AvgIpc) is 2.03. The Hall–Kier alpha value is -0.160. The van der Waals surface area contributed by atoms with Gasteiger partial charge < -0.3 is 20.1 Å². The highest BCUT2D eigenvalue weighted by Gasteiger charge is 2.12. The predicted molar refractivity (Wildman–Crippen MR) is 40.2 cm³/mol. The van der Waals surface area contributed by atoms with Crippen molar-refractivity contribution >= 4 is 0 Å². The zero-order chi connectivity index (χ0) is 8.69. The van der Waals surface area contributed by atoms with E-state index in [4.69, 9.17) is 20.1 Å². The molecule has 0 aliphatic carbocycles. The Labute approximate surface area is 66.4 Å². The number of aliphatic hydroxyl groups excluding tert-OH is 3. The first-order valence-electron chi connectivity index (χ1n) is 3.76. The Bertz CT molecular complexity index is 86.5. The van der Waals surface area contributed by atoms with E-state index in [9.17, 15) is 0 Å². The molecular formula is C7H16O4. The van der Waals surface area contributed by atoms with Gasteiger partial charge in [-0.15, -0.1) is 0 Å². The van der Waals surface area contributed by atoms with Gasteiger partial charge in [0.15, 0.2) is 0 Å². The molecule has 68 valence electrons. The first kappa shape index (κ1) is 10.8. The second-order valence-electron chi connectivity index (χ2n) is 2.33. The zero-order valence-corrected chi connectivity index (χ0v) is 6.73. The van der Waals surface area contributed by atoms with E-state index in [1.54, 1.807) is 0 Å². The van der Waals surface area contributed by atoms with E-state index in [0.717, 1.165) is 0 Å². The topological polar surface area (TPSA) is 69.9 Å². The van der Waals surface area contributed by atoms with Gasteiger partial charge in [0.2, 0.25) is 0 Å². The van der Waals surface area contributed by atoms with Gasteiger partial charge in [0, 0.05) is 13.0 Å². The first-order valence-corrected chi connectivity index (χ1v) is 3.76. The molecule has 0 aliphatic rings. The average molecular weight is 164 g/mol. The van der Waals surface area contributed by atoms with Crippen LogP contribution in [0.25, 0.3) is 0 Å². The SMILES string of the molecule is CCOC(CO)CC(O)CO. The van der Waals surface area contributed by atoms with Gasteiger partial charge in [-0.05, 0) is 6.92 Å². The smallest absolute Gasteiger partial charge is 0.0831 e. The third-order valence-electron chi connectivity index (χ3n) is 1.35. The van der Waals surface area contributed by atoms with Gasteiger partial charge in [0.1, 0.15) is 0 Å². The van der Waals surface area contributed by atoms with Crippen molar-refractivity contribution in [3.63, 3.8) is 0 Å². The molecule has 0 spiro atoms. The lowest BCUT2D eigenvalue weighted by atomic mass is 10.2. The summed E-state index contributed by atoms with van der Waals surface area (Å²) in [6, 6.07) is 0. The molecule has 0 fully saturated rings. The summed E-state index contributed by atoms with van der Waals surface area (Å²) in [5.41, 5.74) is 0. The largest absolute Gasteiger partial charge is 0.394 e. The molecule has 4 nitrogen and oxygen atoms in total. The highest BCUT2D eigenvalue weighted by molar-refractivity contribution is 4.62. The maximum Gasteiger partial charge on any atom is 0.0831 e. The van der Waals surface area contributed by atoms with E-state index in [1.807, 2.05) is 6.92 Å². The van der Waals surface area contributed by atoms with Crippen LogP contribution in [0.5, 0.6) is 0 Å². The Morgan fingerprint density at radius 3 is 2.27 bits per heavy atom. The number of hydrogen-bond acceptors (Lipinski definition) is 4. The molecular weight excluding hydrogens is 148 g/mol. The molecule has 0 saturated heterocycles. The second kappa shape index (κ2) is 6.54. The second-order valence-corrected chi connectivity index (χ2v) is 2.33. The number of rotatable bonds is 6. The van der Waals surface area contributed by atoms with Gasteiger partial charge in [-0.3, -0.25) is 0 Å². The summed E-state index contributed by atoms with van der Waals surface area (Å²) >= 11 is 0. The van der Waals surface area contributed by atoms with Crippen LogP contribution in [0.1, 0.15) is 13.3 Å². The first-order chi connectivity index (χ1) is 5.24. The molecule has 0 aromatic carbocycles. The van der Waals surface area contributed by atoms with Gasteiger partial charge in [-0.25, -0.2) is 0 Å². The summed E-state index contributed by atoms with van der Waals surface area (Å²) in [4.78, 5) is 0. The van der Waals surface area contributed by atoms with Crippen molar-refractivity contribution in [1.29, 1.82) is 0 Å². The van der Waals surface area contributed by atoms with Crippen LogP contribution in [0.3, 0.4) is 0 Å². The van der Waals surface area contributed by atoms with Crippen LogP contribution in [0.2, 0.25) is 0 Å². The summed E-state index contributed by atoms with van der Waals surface area (Å²) in [6.07, 6.45) is -0.873. The maximum absolute atomic E-state index is 8.94. The third kappa shape index (κ3) is 5.15. The summed E-state index contributed by atoms with van der Waals surface area (Å²) in [6.45, 7) is 1.91. The van der Waals surface area contributed by atoms with Crippen molar-refractivity contribution in [3.8, 4) is 0 Å². The monoisotopic (exact) mass is 164 g/mol. The standard InChI is InChI=1S/C7H16O4/c1-2-11-7(5-9)3-6(10)4-8/h6-10H,2-5H2,1H3. The summed E-state index contributed by atoms with van der Waals surface area (Å²) in [5.74, 6) is 0. The molecule has 4 heteroatoms. The van der Waals surface area contributed by atoms with Gasteiger partial charge >= 0.3 is 0 Å². The van der Waals surface area contributed by atoms with Crippen LogP contribution < -0.4 is 0 Å². The fraction of sp³-hybridized carbons (Fsp3) is 1.00. The van der Waals surface area contributed by atoms with E-state index in [-0.39, 0.29) is 25.7 Å². The summed E-state index contributed by atoms with van der Waals surface area (Å²) in [7, 11) is 0. The van der Waals surface area contributed by atoms with E-state index < -0.39 is 6.10 Å². The van der Waals surface area contributed by atoms with Crippen molar-refractivity contribution < 1.29 is 20.1 Å². The summed E-state index contributed by atoms with van der Waals surface area (Å²) in [5, 5.41) is 26.1. The minimum atomic E-state index is -0.793. The van der Waals surface area contributed by atoms with Crippen LogP contribution >= 0.6 is 0 Å². The number of aliphatic hydroxyl groups is 3. The molecule has 2 unspecified atom stereocenters. The lowest BCUT2D eigenvalue weighted by Gasteiger charge is -2.16. The zero-order valence-electron chi connectivity index (χ0n) is 6.73. The number of hydrogen-bond donors (Lipinski definition) is 3. The highest BCUT2D eigenvalue weighted by atomic mass is 16.5. The quantitative estimate of drug-likeness (QED) is 0.477. The molecule has 0 aromatic heterocycles. The normalized spacial score (nSPS) is 16.4. The van der Waals surface area contributed by atoms with Crippen molar-refractivity contribution in [1.82, 2.24) is 0 Å². The molecule has 0 bridgehead atoms. The molecule has 2 atom stereocenters. The Morgan fingerprint density at radius 1 is 1.27 bits per heavy atom. The number of ether oxygens (including phenoxy) is 1. The van der Waals surface area contributed by atoms with Gasteiger partial charge in [-0.1, -0.05) is 0 Å². The third-order valence-corrected chi connectivity index (χ3v) is 1.35. The summed E-state index contributed by atoms with van der Waals surface area (Å²) < 4.78 is 5.04. The van der Waals surface area contributed by atoms with Crippen molar-refractivity contribution in [2.24, 2.45) is 0 Å². The molecule has 0 amide bonds. The molecule has 11 heavy (non-hydrogen) atoms. The molecule has 0 rings (SSSR count). The maximum atomic E-state index is 8.94. The molecule has 0 heterocycles. The van der Waals surface area contributed by atoms with Gasteiger partial charge in [0.25, 0.3) is 0 Å². The lowest BCUT2D eigenvalue weighted by Crippen LogP contribution is -2.26. The fourth-order valence-corrected chi connectivity index (χ4v) is 0.809. The van der Waals surface area contributed by atoms with Crippen molar-refractivity contribution in [3.05, 3.63) is 0 Å². The van der Waals surface area contributed by atoms with Crippen LogP contribution in [0, 0.1) is 0 Å². The Kier molecular flexibility index (Phi) is 6.45. The van der Waals surface area contributed by atoms with Crippen LogP contribution in [-0.4, -0.2) is 47.3 Å². The molecule has 0 saturated carbocycles. The van der Waals surface area contributed by atoms with Crippen molar-refractivity contribution in [2.75, 3.05) is 19.8 Å². The van der Waals surface area contributed by atoms with E-state index >= 15 is 0 Å². The Balaban J connectivity index is 3.49. The fourth-order valence-electron chi connectivity index (χ4n) is 0.809. The van der Waals surface area contributed by atoms with Gasteiger partial charge in [-0.2, -0.15) is 0 Å². The minimum Gasteiger partial charge on any atom is -0.394 e. The van der Waals surface area contributed by atoms with Crippen LogP contribution in [-0.2, 0) is 4.74 Å². The van der Waals surface area contributed by atoms with Crippen molar-refractivity contribution in [2.45, 2.75) is 25.6 Å². The lowest BCUT2D eigenvalue weighted by molar-refractivity contribution is -0.0233. The van der Waals surface area contributed by atoms with E-state index in [1.165, 1.54) is 0 Å². The molecule has 0 radical (unpaired) electrons.